The van der Waals surface area contributed by atoms with Crippen LogP contribution in [0.25, 0.3) is 21.7 Å². The lowest BCUT2D eigenvalue weighted by Gasteiger charge is -2.30. The second-order valence-corrected chi connectivity index (χ2v) is 8.75. The van der Waals surface area contributed by atoms with Crippen molar-refractivity contribution in [2.75, 3.05) is 0 Å². The Bertz CT molecular complexity index is 1270. The molecule has 2 aromatic heterocycles. The Balaban J connectivity index is 1.70. The summed E-state index contributed by atoms with van der Waals surface area (Å²) in [5.74, 6) is 0.509. The number of fused-ring (bicyclic) bond motifs is 3. The summed E-state index contributed by atoms with van der Waals surface area (Å²) in [6.07, 6.45) is 9.14. The minimum Gasteiger partial charge on any atom is -0.295 e. The van der Waals surface area contributed by atoms with E-state index in [1.54, 1.807) is 6.33 Å². The molecule has 0 saturated heterocycles. The van der Waals surface area contributed by atoms with Crippen molar-refractivity contribution >= 4 is 21.7 Å². The van der Waals surface area contributed by atoms with Crippen molar-refractivity contribution in [1.82, 2.24) is 14.5 Å². The van der Waals surface area contributed by atoms with Crippen LogP contribution >= 0.6 is 0 Å². The molecule has 1 aliphatic carbocycles. The summed E-state index contributed by atoms with van der Waals surface area (Å²) in [6.45, 7) is 4.26. The highest BCUT2D eigenvalue weighted by Gasteiger charge is 2.24. The number of aryl methyl sites for hydroxylation is 1. The van der Waals surface area contributed by atoms with Crippen molar-refractivity contribution < 1.29 is 0 Å². The van der Waals surface area contributed by atoms with Crippen LogP contribution in [0.15, 0.2) is 59.8 Å². The minimum atomic E-state index is 0.0905. The maximum atomic E-state index is 13.6. The van der Waals surface area contributed by atoms with Crippen LogP contribution in [0.2, 0.25) is 0 Å². The van der Waals surface area contributed by atoms with Gasteiger partial charge < -0.3 is 0 Å². The third-order valence-corrected chi connectivity index (χ3v) is 6.67. The van der Waals surface area contributed by atoms with E-state index in [0.717, 1.165) is 51.3 Å². The van der Waals surface area contributed by atoms with Gasteiger partial charge in [0.25, 0.3) is 5.56 Å². The Morgan fingerprint density at radius 2 is 1.80 bits per heavy atom. The molecule has 1 aliphatic rings. The zero-order valence-electron chi connectivity index (χ0n) is 17.6. The summed E-state index contributed by atoms with van der Waals surface area (Å²) < 4.78 is 1.90. The zero-order valence-corrected chi connectivity index (χ0v) is 17.6. The average molecular weight is 398 g/mol. The van der Waals surface area contributed by atoms with Gasteiger partial charge in [0.15, 0.2) is 0 Å². The highest BCUT2D eigenvalue weighted by molar-refractivity contribution is 6.06. The monoisotopic (exact) mass is 397 g/mol. The molecule has 2 aromatic carbocycles. The lowest BCUT2D eigenvalue weighted by atomic mass is 9.85. The third-order valence-electron chi connectivity index (χ3n) is 6.67. The molecule has 30 heavy (non-hydrogen) atoms. The topological polar surface area (TPSA) is 47.8 Å². The fourth-order valence-electron chi connectivity index (χ4n) is 4.96. The fourth-order valence-corrected chi connectivity index (χ4v) is 4.96. The number of hydrogen-bond donors (Lipinski definition) is 0. The van der Waals surface area contributed by atoms with Crippen LogP contribution in [0.4, 0.5) is 0 Å². The van der Waals surface area contributed by atoms with Crippen LogP contribution in [0.3, 0.4) is 0 Å². The molecule has 0 radical (unpaired) electrons. The number of rotatable bonds is 3. The van der Waals surface area contributed by atoms with E-state index >= 15 is 0 Å². The first-order chi connectivity index (χ1) is 14.6. The first-order valence-corrected chi connectivity index (χ1v) is 10.9. The standard InChI is InChI=1S/C26H27N3O/c1-17-7-3-6-10-24(17)29-16-28-25-22-9-5-4-8-21(22)20(14-23(25)26(29)30)13-19-12-11-18(2)27-15-19/h4-5,8-9,11-12,14-17,24H,3,6-7,10,13H2,1-2H3. The van der Waals surface area contributed by atoms with Crippen LogP contribution < -0.4 is 5.56 Å². The summed E-state index contributed by atoms with van der Waals surface area (Å²) in [6, 6.07) is 14.8. The van der Waals surface area contributed by atoms with Crippen LogP contribution in [-0.4, -0.2) is 14.5 Å². The van der Waals surface area contributed by atoms with Crippen LogP contribution in [0, 0.1) is 12.8 Å². The van der Waals surface area contributed by atoms with E-state index in [0.29, 0.717) is 5.92 Å². The molecule has 2 heterocycles. The zero-order chi connectivity index (χ0) is 20.7. The van der Waals surface area contributed by atoms with E-state index in [9.17, 15) is 4.79 Å². The molecule has 1 fully saturated rings. The summed E-state index contributed by atoms with van der Waals surface area (Å²) in [5.41, 5.74) is 4.21. The average Bonchev–Trinajstić information content (AvgIpc) is 2.77. The van der Waals surface area contributed by atoms with Gasteiger partial charge in [-0.3, -0.25) is 14.3 Å². The van der Waals surface area contributed by atoms with Crippen LogP contribution in [0.5, 0.6) is 0 Å². The second-order valence-electron chi connectivity index (χ2n) is 8.75. The predicted octanol–water partition coefficient (Wildman–Crippen LogP) is 5.60. The van der Waals surface area contributed by atoms with E-state index in [4.69, 9.17) is 4.98 Å². The van der Waals surface area contributed by atoms with E-state index in [2.05, 4.69) is 42.2 Å². The van der Waals surface area contributed by atoms with Crippen molar-refractivity contribution in [2.45, 2.75) is 52.0 Å². The predicted molar refractivity (Wildman–Crippen MR) is 122 cm³/mol. The van der Waals surface area contributed by atoms with Crippen molar-refractivity contribution in [3.63, 3.8) is 0 Å². The number of nitrogens with zero attached hydrogens (tertiary/aromatic N) is 3. The van der Waals surface area contributed by atoms with Crippen molar-refractivity contribution in [1.29, 1.82) is 0 Å². The molecule has 1 saturated carbocycles. The first kappa shape index (κ1) is 19.0. The molecule has 0 N–H and O–H groups in total. The van der Waals surface area contributed by atoms with Crippen LogP contribution in [-0.2, 0) is 6.42 Å². The Kier molecular flexibility index (Phi) is 4.86. The smallest absolute Gasteiger partial charge is 0.261 e. The Hall–Kier alpha value is -3.01. The van der Waals surface area contributed by atoms with Gasteiger partial charge in [-0.2, -0.15) is 0 Å². The lowest BCUT2D eigenvalue weighted by Crippen LogP contribution is -2.31. The summed E-state index contributed by atoms with van der Waals surface area (Å²) in [7, 11) is 0. The van der Waals surface area contributed by atoms with Gasteiger partial charge in [-0.1, -0.05) is 50.1 Å². The number of benzene rings is 2. The minimum absolute atomic E-state index is 0.0905. The molecule has 4 heteroatoms. The summed E-state index contributed by atoms with van der Waals surface area (Å²) in [4.78, 5) is 22.8. The van der Waals surface area contributed by atoms with E-state index in [1.165, 1.54) is 19.3 Å². The molecular formula is C26H27N3O. The van der Waals surface area contributed by atoms with Crippen molar-refractivity contribution in [3.8, 4) is 0 Å². The summed E-state index contributed by atoms with van der Waals surface area (Å²) in [5, 5.41) is 2.93. The van der Waals surface area contributed by atoms with Gasteiger partial charge in [0.1, 0.15) is 0 Å². The van der Waals surface area contributed by atoms with Gasteiger partial charge in [0.2, 0.25) is 0 Å². The normalized spacial score (nSPS) is 19.4. The first-order valence-electron chi connectivity index (χ1n) is 10.9. The van der Waals surface area contributed by atoms with Gasteiger partial charge in [0.05, 0.1) is 17.2 Å². The number of pyridine rings is 1. The second kappa shape index (κ2) is 7.67. The Labute approximate surface area is 176 Å². The molecule has 152 valence electrons. The molecular weight excluding hydrogens is 370 g/mol. The molecule has 0 bridgehead atoms. The van der Waals surface area contributed by atoms with Gasteiger partial charge >= 0.3 is 0 Å². The van der Waals surface area contributed by atoms with Gasteiger partial charge in [-0.25, -0.2) is 4.98 Å². The third kappa shape index (κ3) is 3.30. The van der Waals surface area contributed by atoms with Gasteiger partial charge in [-0.15, -0.1) is 0 Å². The molecule has 2 atom stereocenters. The fraction of sp³-hybridized carbons (Fsp3) is 0.346. The molecule has 4 aromatic rings. The molecule has 5 rings (SSSR count). The maximum Gasteiger partial charge on any atom is 0.261 e. The highest BCUT2D eigenvalue weighted by Crippen LogP contribution is 2.33. The van der Waals surface area contributed by atoms with Gasteiger partial charge in [-0.05, 0) is 60.7 Å². The van der Waals surface area contributed by atoms with E-state index < -0.39 is 0 Å². The van der Waals surface area contributed by atoms with Crippen molar-refractivity contribution in [3.05, 3.63) is 82.2 Å². The largest absolute Gasteiger partial charge is 0.295 e. The Morgan fingerprint density at radius 1 is 1.00 bits per heavy atom. The van der Waals surface area contributed by atoms with E-state index in [-0.39, 0.29) is 11.6 Å². The van der Waals surface area contributed by atoms with E-state index in [1.807, 2.05) is 29.8 Å². The van der Waals surface area contributed by atoms with Gasteiger partial charge in [0, 0.05) is 23.3 Å². The SMILES string of the molecule is Cc1ccc(Cc2cc3c(=O)n(C4CCCCC4C)cnc3c3ccccc23)cn1. The Morgan fingerprint density at radius 3 is 2.57 bits per heavy atom. The number of hydrogen-bond acceptors (Lipinski definition) is 3. The molecule has 4 nitrogen and oxygen atoms in total. The molecule has 0 aliphatic heterocycles. The molecule has 2 unspecified atom stereocenters. The van der Waals surface area contributed by atoms with Crippen LogP contribution in [0.1, 0.15) is 55.5 Å². The molecule has 0 spiro atoms. The highest BCUT2D eigenvalue weighted by atomic mass is 16.1. The van der Waals surface area contributed by atoms with Crippen molar-refractivity contribution in [2.24, 2.45) is 5.92 Å². The maximum absolute atomic E-state index is 13.6. The molecule has 0 amide bonds. The number of aromatic nitrogens is 3. The summed E-state index contributed by atoms with van der Waals surface area (Å²) >= 11 is 0. The lowest BCUT2D eigenvalue weighted by molar-refractivity contribution is 0.251. The quantitative estimate of drug-likeness (QED) is 0.423.